The zero-order chi connectivity index (χ0) is 10.3. The van der Waals surface area contributed by atoms with Crippen LogP contribution >= 0.6 is 0 Å². The van der Waals surface area contributed by atoms with Gasteiger partial charge in [0.25, 0.3) is 0 Å². The average Bonchev–Trinajstić information content (AvgIpc) is 2.32. The van der Waals surface area contributed by atoms with Gasteiger partial charge in [0, 0.05) is 13.1 Å². The summed E-state index contributed by atoms with van der Waals surface area (Å²) in [4.78, 5) is 2.51. The first kappa shape index (κ1) is 11.0. The molecule has 15 heavy (non-hydrogen) atoms. The molecule has 0 N–H and O–H groups in total. The van der Waals surface area contributed by atoms with Gasteiger partial charge in [0.2, 0.25) is 0 Å². The van der Waals surface area contributed by atoms with Gasteiger partial charge >= 0.3 is 0 Å². The Balaban J connectivity index is 1.64. The van der Waals surface area contributed by atoms with E-state index in [0.717, 1.165) is 5.92 Å². The molecule has 0 amide bonds. The van der Waals surface area contributed by atoms with Crippen LogP contribution in [0.4, 0.5) is 0 Å². The Bertz CT molecular complexity index is 186. The fourth-order valence-electron chi connectivity index (χ4n) is 2.89. The highest BCUT2D eigenvalue weighted by Crippen LogP contribution is 2.26. The van der Waals surface area contributed by atoms with Gasteiger partial charge in [-0.3, -0.25) is 0 Å². The minimum Gasteiger partial charge on any atom is -0.378 e. The third-order valence-electron chi connectivity index (χ3n) is 3.90. The van der Waals surface area contributed by atoms with Crippen molar-refractivity contribution in [2.75, 3.05) is 13.1 Å². The highest BCUT2D eigenvalue weighted by molar-refractivity contribution is 4.86. The quantitative estimate of drug-likeness (QED) is 0.677. The van der Waals surface area contributed by atoms with Crippen molar-refractivity contribution in [1.82, 2.24) is 4.90 Å². The van der Waals surface area contributed by atoms with Crippen LogP contribution in [0.15, 0.2) is 12.3 Å². The molecular formula is C14H25N. The highest BCUT2D eigenvalue weighted by atomic mass is 15.1. The summed E-state index contributed by atoms with van der Waals surface area (Å²) < 4.78 is 0. The summed E-state index contributed by atoms with van der Waals surface area (Å²) >= 11 is 0. The van der Waals surface area contributed by atoms with Gasteiger partial charge in [0.05, 0.1) is 0 Å². The maximum Gasteiger partial charge on any atom is 0.0172 e. The maximum atomic E-state index is 2.51. The van der Waals surface area contributed by atoms with E-state index >= 15 is 0 Å². The molecule has 2 aliphatic rings. The molecule has 2 fully saturated rings. The van der Waals surface area contributed by atoms with Crippen LogP contribution in [-0.4, -0.2) is 18.0 Å². The van der Waals surface area contributed by atoms with E-state index in [0.29, 0.717) is 0 Å². The number of hydrogen-bond acceptors (Lipinski definition) is 1. The molecule has 0 aromatic carbocycles. The van der Waals surface area contributed by atoms with Crippen LogP contribution in [0.3, 0.4) is 0 Å². The molecule has 0 spiro atoms. The molecule has 2 rings (SSSR count). The lowest BCUT2D eigenvalue weighted by atomic mass is 9.87. The molecule has 86 valence electrons. The topological polar surface area (TPSA) is 3.24 Å². The summed E-state index contributed by atoms with van der Waals surface area (Å²) in [6, 6.07) is 0. The fourth-order valence-corrected chi connectivity index (χ4v) is 2.89. The lowest BCUT2D eigenvalue weighted by Gasteiger charge is -2.25. The number of nitrogens with zero attached hydrogens (tertiary/aromatic N) is 1. The predicted octanol–water partition coefficient (Wildman–Crippen LogP) is 3.96. The molecule has 1 aliphatic carbocycles. The summed E-state index contributed by atoms with van der Waals surface area (Å²) in [5.74, 6) is 1.000. The van der Waals surface area contributed by atoms with Crippen LogP contribution in [0.1, 0.15) is 57.8 Å². The van der Waals surface area contributed by atoms with E-state index in [4.69, 9.17) is 0 Å². The van der Waals surface area contributed by atoms with Gasteiger partial charge < -0.3 is 4.90 Å². The molecule has 0 radical (unpaired) electrons. The van der Waals surface area contributed by atoms with Gasteiger partial charge in [0.1, 0.15) is 0 Å². The lowest BCUT2D eigenvalue weighted by Crippen LogP contribution is -2.24. The molecule has 1 nitrogen and oxygen atoms in total. The Labute approximate surface area is 94.5 Å². The Morgan fingerprint density at radius 1 is 0.867 bits per heavy atom. The minimum absolute atomic E-state index is 1.000. The SMILES string of the molecule is C(=C\N1CCCCC1)/CC1CCCCC1. The van der Waals surface area contributed by atoms with E-state index in [1.165, 1.54) is 70.9 Å². The Kier molecular flexibility index (Phi) is 4.56. The Morgan fingerprint density at radius 3 is 2.27 bits per heavy atom. The van der Waals surface area contributed by atoms with Gasteiger partial charge in [-0.1, -0.05) is 38.2 Å². The van der Waals surface area contributed by atoms with Crippen molar-refractivity contribution >= 4 is 0 Å². The minimum atomic E-state index is 1.000. The van der Waals surface area contributed by atoms with E-state index < -0.39 is 0 Å². The van der Waals surface area contributed by atoms with Crippen molar-refractivity contribution in [3.63, 3.8) is 0 Å². The van der Waals surface area contributed by atoms with Gasteiger partial charge in [0.15, 0.2) is 0 Å². The molecular weight excluding hydrogens is 182 g/mol. The van der Waals surface area contributed by atoms with Crippen LogP contribution in [0.2, 0.25) is 0 Å². The van der Waals surface area contributed by atoms with Gasteiger partial charge in [-0.05, 0) is 37.8 Å². The van der Waals surface area contributed by atoms with Gasteiger partial charge in [-0.15, -0.1) is 0 Å². The van der Waals surface area contributed by atoms with Crippen LogP contribution in [0.5, 0.6) is 0 Å². The third kappa shape index (κ3) is 3.89. The van der Waals surface area contributed by atoms with E-state index in [1.54, 1.807) is 0 Å². The van der Waals surface area contributed by atoms with Gasteiger partial charge in [-0.2, -0.15) is 0 Å². The molecule has 0 aromatic rings. The van der Waals surface area contributed by atoms with Crippen molar-refractivity contribution in [3.05, 3.63) is 12.3 Å². The number of allylic oxidation sites excluding steroid dienone is 1. The van der Waals surface area contributed by atoms with Crippen molar-refractivity contribution in [3.8, 4) is 0 Å². The number of likely N-dealkylation sites (tertiary alicyclic amines) is 1. The zero-order valence-corrected chi connectivity index (χ0v) is 9.96. The average molecular weight is 207 g/mol. The van der Waals surface area contributed by atoms with Crippen LogP contribution in [-0.2, 0) is 0 Å². The largest absolute Gasteiger partial charge is 0.378 e. The molecule has 0 atom stereocenters. The summed E-state index contributed by atoms with van der Waals surface area (Å²) in [7, 11) is 0. The summed E-state index contributed by atoms with van der Waals surface area (Å²) in [6.07, 6.45) is 17.7. The van der Waals surface area contributed by atoms with Crippen molar-refractivity contribution in [2.24, 2.45) is 5.92 Å². The van der Waals surface area contributed by atoms with Crippen molar-refractivity contribution < 1.29 is 0 Å². The molecule has 1 heteroatoms. The van der Waals surface area contributed by atoms with Gasteiger partial charge in [-0.25, -0.2) is 0 Å². The van der Waals surface area contributed by atoms with E-state index in [2.05, 4.69) is 17.2 Å². The Morgan fingerprint density at radius 2 is 1.53 bits per heavy atom. The zero-order valence-electron chi connectivity index (χ0n) is 9.96. The van der Waals surface area contributed by atoms with E-state index in [-0.39, 0.29) is 0 Å². The highest BCUT2D eigenvalue weighted by Gasteiger charge is 2.11. The molecule has 1 saturated carbocycles. The molecule has 0 unspecified atom stereocenters. The first-order chi connectivity index (χ1) is 7.45. The standard InChI is InChI=1S/C14H25N/c1-3-8-14(9-4-1)10-7-13-15-11-5-2-6-12-15/h7,13-14H,1-6,8-12H2/b13-7+. The molecule has 0 bridgehead atoms. The smallest absolute Gasteiger partial charge is 0.0172 e. The number of piperidine rings is 1. The normalized spacial score (nSPS) is 24.9. The Hall–Kier alpha value is -0.460. The third-order valence-corrected chi connectivity index (χ3v) is 3.90. The summed E-state index contributed by atoms with van der Waals surface area (Å²) in [6.45, 7) is 2.59. The lowest BCUT2D eigenvalue weighted by molar-refractivity contribution is 0.306. The van der Waals surface area contributed by atoms with E-state index in [9.17, 15) is 0 Å². The predicted molar refractivity (Wildman–Crippen MR) is 65.8 cm³/mol. The molecule has 1 saturated heterocycles. The first-order valence-corrected chi connectivity index (χ1v) is 6.86. The fraction of sp³-hybridized carbons (Fsp3) is 0.857. The van der Waals surface area contributed by atoms with Crippen LogP contribution < -0.4 is 0 Å². The first-order valence-electron chi connectivity index (χ1n) is 6.86. The van der Waals surface area contributed by atoms with Crippen molar-refractivity contribution in [2.45, 2.75) is 57.8 Å². The van der Waals surface area contributed by atoms with Crippen LogP contribution in [0, 0.1) is 5.92 Å². The summed E-state index contributed by atoms with van der Waals surface area (Å²) in [5.41, 5.74) is 0. The second-order valence-corrected chi connectivity index (χ2v) is 5.22. The van der Waals surface area contributed by atoms with E-state index in [1.807, 2.05) is 0 Å². The maximum absolute atomic E-state index is 2.51. The van der Waals surface area contributed by atoms with Crippen LogP contribution in [0.25, 0.3) is 0 Å². The molecule has 0 aromatic heterocycles. The second kappa shape index (κ2) is 6.19. The summed E-state index contributed by atoms with van der Waals surface area (Å²) in [5, 5.41) is 0. The monoisotopic (exact) mass is 207 g/mol. The number of rotatable bonds is 3. The molecule has 1 heterocycles. The number of hydrogen-bond donors (Lipinski definition) is 0. The molecule has 1 aliphatic heterocycles. The van der Waals surface area contributed by atoms with Crippen molar-refractivity contribution in [1.29, 1.82) is 0 Å². The second-order valence-electron chi connectivity index (χ2n) is 5.22.